The Morgan fingerprint density at radius 3 is 2.66 bits per heavy atom. The summed E-state index contributed by atoms with van der Waals surface area (Å²) in [5.74, 6) is 0.0775. The van der Waals surface area contributed by atoms with Crippen molar-refractivity contribution in [2.75, 3.05) is 19.6 Å². The van der Waals surface area contributed by atoms with Gasteiger partial charge >= 0.3 is 0 Å². The maximum Gasteiger partial charge on any atom is 0.254 e. The molecule has 1 saturated heterocycles. The summed E-state index contributed by atoms with van der Waals surface area (Å²) in [6.07, 6.45) is 4.18. The van der Waals surface area contributed by atoms with Gasteiger partial charge in [-0.15, -0.1) is 12.4 Å². The summed E-state index contributed by atoms with van der Waals surface area (Å²) in [6, 6.07) is 14.5. The first-order valence-electron chi connectivity index (χ1n) is 9.73. The van der Waals surface area contributed by atoms with E-state index >= 15 is 0 Å². The van der Waals surface area contributed by atoms with E-state index in [9.17, 15) is 4.79 Å². The van der Waals surface area contributed by atoms with Gasteiger partial charge in [0, 0.05) is 25.2 Å². The van der Waals surface area contributed by atoms with Crippen LogP contribution in [0.25, 0.3) is 5.69 Å². The van der Waals surface area contributed by atoms with Gasteiger partial charge in [0.15, 0.2) is 0 Å². The van der Waals surface area contributed by atoms with Crippen molar-refractivity contribution in [1.82, 2.24) is 25.0 Å². The molecule has 1 aromatic heterocycles. The number of amides is 1. The smallest absolute Gasteiger partial charge is 0.254 e. The third kappa shape index (κ3) is 4.33. The summed E-state index contributed by atoms with van der Waals surface area (Å²) in [7, 11) is 0. The van der Waals surface area contributed by atoms with E-state index in [0.29, 0.717) is 6.54 Å². The van der Waals surface area contributed by atoms with Crippen molar-refractivity contribution in [3.8, 4) is 5.69 Å². The molecule has 0 spiro atoms. The van der Waals surface area contributed by atoms with E-state index in [1.807, 2.05) is 30.0 Å². The van der Waals surface area contributed by atoms with Crippen LogP contribution in [0.3, 0.4) is 0 Å². The molecule has 0 radical (unpaired) electrons. The number of aryl methyl sites for hydroxylation is 2. The minimum atomic E-state index is 0. The molecule has 0 bridgehead atoms. The number of aromatic nitrogens is 3. The van der Waals surface area contributed by atoms with Crippen molar-refractivity contribution < 1.29 is 4.79 Å². The lowest BCUT2D eigenvalue weighted by Crippen LogP contribution is -2.48. The SMILES string of the molecule is CCc1ccc(C2CNCCN2C(=O)c2ccc(-n3cncn3)cc2C)cc1.Cl. The Morgan fingerprint density at radius 2 is 2.00 bits per heavy atom. The molecule has 1 amide bonds. The van der Waals surface area contributed by atoms with Gasteiger partial charge in [0.1, 0.15) is 12.7 Å². The van der Waals surface area contributed by atoms with Crippen LogP contribution in [-0.4, -0.2) is 45.2 Å². The van der Waals surface area contributed by atoms with Gasteiger partial charge in [-0.2, -0.15) is 5.10 Å². The summed E-state index contributed by atoms with van der Waals surface area (Å²) in [6.45, 7) is 6.40. The maximum atomic E-state index is 13.4. The lowest BCUT2D eigenvalue weighted by atomic mass is 9.99. The second kappa shape index (κ2) is 9.20. The minimum absolute atomic E-state index is 0. The second-order valence-corrected chi connectivity index (χ2v) is 7.15. The molecule has 1 aliphatic heterocycles. The molecule has 1 N–H and O–H groups in total. The van der Waals surface area contributed by atoms with Gasteiger partial charge in [-0.25, -0.2) is 9.67 Å². The third-order valence-electron chi connectivity index (χ3n) is 5.40. The van der Waals surface area contributed by atoms with Gasteiger partial charge in [0.2, 0.25) is 0 Å². The van der Waals surface area contributed by atoms with Crippen LogP contribution in [0, 0.1) is 6.92 Å². The van der Waals surface area contributed by atoms with E-state index in [2.05, 4.69) is 46.6 Å². The molecule has 7 heteroatoms. The highest BCUT2D eigenvalue weighted by molar-refractivity contribution is 5.96. The van der Waals surface area contributed by atoms with Crippen molar-refractivity contribution >= 4 is 18.3 Å². The number of nitrogens with zero attached hydrogens (tertiary/aromatic N) is 4. The number of hydrogen-bond donors (Lipinski definition) is 1. The summed E-state index contributed by atoms with van der Waals surface area (Å²) in [5, 5.41) is 7.59. The Hall–Kier alpha value is -2.70. The molecular weight excluding hydrogens is 386 g/mol. The number of benzene rings is 2. The lowest BCUT2D eigenvalue weighted by molar-refractivity contribution is 0.0633. The molecule has 2 aromatic carbocycles. The lowest BCUT2D eigenvalue weighted by Gasteiger charge is -2.37. The van der Waals surface area contributed by atoms with Crippen molar-refractivity contribution in [3.63, 3.8) is 0 Å². The van der Waals surface area contributed by atoms with Gasteiger partial charge in [-0.05, 0) is 48.2 Å². The van der Waals surface area contributed by atoms with Crippen LogP contribution in [0.2, 0.25) is 0 Å². The first kappa shape index (κ1) is 21.0. The molecule has 4 rings (SSSR count). The van der Waals surface area contributed by atoms with E-state index in [0.717, 1.165) is 36.3 Å². The molecule has 0 saturated carbocycles. The standard InChI is InChI=1S/C22H25N5O.ClH/c1-3-17-4-6-18(7-5-17)21-13-23-10-11-26(21)22(28)20-9-8-19(12-16(20)2)27-15-24-14-25-27;/h4-9,12,14-15,21,23H,3,10-11,13H2,1-2H3;1H. The van der Waals surface area contributed by atoms with Crippen LogP contribution in [0.5, 0.6) is 0 Å². The normalized spacial score (nSPS) is 16.3. The number of nitrogens with one attached hydrogen (secondary N) is 1. The molecule has 1 fully saturated rings. The Labute approximate surface area is 177 Å². The fraction of sp³-hybridized carbons (Fsp3) is 0.318. The molecule has 3 aromatic rings. The summed E-state index contributed by atoms with van der Waals surface area (Å²) in [5.41, 5.74) is 5.07. The van der Waals surface area contributed by atoms with Crippen LogP contribution in [-0.2, 0) is 6.42 Å². The number of carbonyl (C=O) groups is 1. The molecule has 1 atom stereocenters. The van der Waals surface area contributed by atoms with Gasteiger partial charge in [-0.1, -0.05) is 31.2 Å². The number of halogens is 1. The summed E-state index contributed by atoms with van der Waals surface area (Å²) >= 11 is 0. The highest BCUT2D eigenvalue weighted by atomic mass is 35.5. The Bertz CT molecular complexity index is 956. The fourth-order valence-corrected chi connectivity index (χ4v) is 3.75. The molecule has 0 aliphatic carbocycles. The van der Waals surface area contributed by atoms with Crippen molar-refractivity contribution in [1.29, 1.82) is 0 Å². The zero-order chi connectivity index (χ0) is 19.5. The van der Waals surface area contributed by atoms with Crippen molar-refractivity contribution in [2.24, 2.45) is 0 Å². The van der Waals surface area contributed by atoms with Crippen LogP contribution in [0.15, 0.2) is 55.1 Å². The number of carbonyl (C=O) groups excluding carboxylic acids is 1. The predicted octanol–water partition coefficient (Wildman–Crippen LogP) is 3.35. The monoisotopic (exact) mass is 411 g/mol. The van der Waals surface area contributed by atoms with E-state index in [-0.39, 0.29) is 24.4 Å². The van der Waals surface area contributed by atoms with Crippen LogP contribution in [0.1, 0.15) is 40.0 Å². The van der Waals surface area contributed by atoms with E-state index in [1.165, 1.54) is 17.5 Å². The van der Waals surface area contributed by atoms with Gasteiger partial charge < -0.3 is 10.2 Å². The Kier molecular flexibility index (Phi) is 6.67. The first-order valence-corrected chi connectivity index (χ1v) is 9.73. The molecule has 2 heterocycles. The quantitative estimate of drug-likeness (QED) is 0.715. The third-order valence-corrected chi connectivity index (χ3v) is 5.40. The molecule has 152 valence electrons. The van der Waals surface area contributed by atoms with Crippen molar-refractivity contribution in [3.05, 3.63) is 77.4 Å². The maximum absolute atomic E-state index is 13.4. The van der Waals surface area contributed by atoms with Crippen LogP contribution in [0.4, 0.5) is 0 Å². The Morgan fingerprint density at radius 1 is 1.21 bits per heavy atom. The Balaban J connectivity index is 0.00000240. The zero-order valence-electron chi connectivity index (χ0n) is 16.7. The van der Waals surface area contributed by atoms with E-state index in [4.69, 9.17) is 0 Å². The first-order chi connectivity index (χ1) is 13.7. The number of hydrogen-bond acceptors (Lipinski definition) is 4. The number of rotatable bonds is 4. The van der Waals surface area contributed by atoms with E-state index < -0.39 is 0 Å². The summed E-state index contributed by atoms with van der Waals surface area (Å²) < 4.78 is 1.70. The van der Waals surface area contributed by atoms with Crippen LogP contribution >= 0.6 is 12.4 Å². The van der Waals surface area contributed by atoms with Gasteiger partial charge in [0.05, 0.1) is 11.7 Å². The predicted molar refractivity (Wildman–Crippen MR) is 116 cm³/mol. The molecule has 1 unspecified atom stereocenters. The second-order valence-electron chi connectivity index (χ2n) is 7.15. The summed E-state index contributed by atoms with van der Waals surface area (Å²) in [4.78, 5) is 19.4. The average molecular weight is 412 g/mol. The van der Waals surface area contributed by atoms with Gasteiger partial charge in [-0.3, -0.25) is 4.79 Å². The van der Waals surface area contributed by atoms with Crippen LogP contribution < -0.4 is 5.32 Å². The topological polar surface area (TPSA) is 63.1 Å². The van der Waals surface area contributed by atoms with E-state index in [1.54, 1.807) is 11.0 Å². The molecule has 29 heavy (non-hydrogen) atoms. The highest BCUT2D eigenvalue weighted by Gasteiger charge is 2.29. The van der Waals surface area contributed by atoms with Gasteiger partial charge in [0.25, 0.3) is 5.91 Å². The minimum Gasteiger partial charge on any atom is -0.329 e. The fourth-order valence-electron chi connectivity index (χ4n) is 3.75. The largest absolute Gasteiger partial charge is 0.329 e. The molecular formula is C22H26ClN5O. The zero-order valence-corrected chi connectivity index (χ0v) is 17.5. The highest BCUT2D eigenvalue weighted by Crippen LogP contribution is 2.26. The molecule has 1 aliphatic rings. The number of piperazine rings is 1. The average Bonchev–Trinajstić information content (AvgIpc) is 3.28. The van der Waals surface area contributed by atoms with Crippen molar-refractivity contribution in [2.45, 2.75) is 26.3 Å². The molecule has 6 nitrogen and oxygen atoms in total.